The Bertz CT molecular complexity index is 925. The molecule has 0 radical (unpaired) electrons. The van der Waals surface area contributed by atoms with E-state index in [1.165, 1.54) is 6.33 Å². The van der Waals surface area contributed by atoms with Crippen molar-refractivity contribution >= 4 is 23.5 Å². The molecule has 1 unspecified atom stereocenters. The number of hydrogen-bond acceptors (Lipinski definition) is 9. The van der Waals surface area contributed by atoms with Gasteiger partial charge in [0.2, 0.25) is 12.4 Å². The molecule has 2 aliphatic heterocycles. The molecule has 4 rings (SSSR count). The Morgan fingerprint density at radius 1 is 1.41 bits per heavy atom. The van der Waals surface area contributed by atoms with Gasteiger partial charge in [0, 0.05) is 7.05 Å². The highest BCUT2D eigenvalue weighted by Crippen LogP contribution is 2.44. The largest absolute Gasteiger partial charge is 0.371 e. The summed E-state index contributed by atoms with van der Waals surface area (Å²) in [5.74, 6) is -0.638. The van der Waals surface area contributed by atoms with Crippen LogP contribution in [0.25, 0.3) is 11.2 Å². The first-order valence-corrected chi connectivity index (χ1v) is 8.38. The molecule has 0 bridgehead atoms. The van der Waals surface area contributed by atoms with Crippen molar-refractivity contribution in [1.82, 2.24) is 24.8 Å². The van der Waals surface area contributed by atoms with Gasteiger partial charge in [0.05, 0.1) is 6.33 Å². The van der Waals surface area contributed by atoms with Gasteiger partial charge in [-0.1, -0.05) is 0 Å². The Morgan fingerprint density at radius 3 is 2.85 bits per heavy atom. The predicted octanol–water partition coefficient (Wildman–Crippen LogP) is -1.36. The van der Waals surface area contributed by atoms with Crippen molar-refractivity contribution < 1.29 is 24.1 Å². The molecular weight excluding hydrogens is 360 g/mol. The van der Waals surface area contributed by atoms with E-state index in [-0.39, 0.29) is 11.5 Å². The molecule has 0 aromatic carbocycles. The highest BCUT2D eigenvalue weighted by Gasteiger charge is 2.58. The van der Waals surface area contributed by atoms with Gasteiger partial charge in [0.15, 0.2) is 29.4 Å². The maximum absolute atomic E-state index is 12.2. The molecule has 0 aliphatic carbocycles. The van der Waals surface area contributed by atoms with Crippen LogP contribution < -0.4 is 16.2 Å². The zero-order valence-corrected chi connectivity index (χ0v) is 14.9. The highest BCUT2D eigenvalue weighted by atomic mass is 16.8. The minimum Gasteiger partial charge on any atom is -0.371 e. The zero-order valence-electron chi connectivity index (χ0n) is 14.9. The number of imidazole rings is 1. The van der Waals surface area contributed by atoms with Crippen molar-refractivity contribution in [2.45, 2.75) is 50.4 Å². The van der Waals surface area contributed by atoms with Crippen LogP contribution in [0.1, 0.15) is 20.1 Å². The van der Waals surface area contributed by atoms with Crippen LogP contribution >= 0.6 is 0 Å². The summed E-state index contributed by atoms with van der Waals surface area (Å²) < 4.78 is 19.3. The summed E-state index contributed by atoms with van der Waals surface area (Å²) in [4.78, 5) is 33.9. The Kier molecular flexibility index (Phi) is 4.14. The molecule has 4 N–H and O–H groups in total. The molecule has 2 fully saturated rings. The number of ether oxygens (including phenoxy) is 3. The van der Waals surface area contributed by atoms with Crippen LogP contribution in [0.4, 0.5) is 5.95 Å². The lowest BCUT2D eigenvalue weighted by atomic mass is 10.1. The Balaban J connectivity index is 1.77. The number of fused-ring (bicyclic) bond motifs is 2. The lowest BCUT2D eigenvalue weighted by Crippen LogP contribution is -2.46. The van der Waals surface area contributed by atoms with Gasteiger partial charge in [-0.15, -0.1) is 0 Å². The van der Waals surface area contributed by atoms with Gasteiger partial charge >= 0.3 is 0 Å². The minimum atomic E-state index is -1.29. The maximum Gasteiger partial charge on any atom is 0.280 e. The summed E-state index contributed by atoms with van der Waals surface area (Å²) in [6, 6.07) is 0. The summed E-state index contributed by atoms with van der Waals surface area (Å²) in [5, 5.41) is 15.3. The van der Waals surface area contributed by atoms with Crippen LogP contribution in [-0.4, -0.2) is 68.4 Å². The number of nitrogens with one attached hydrogen (secondary N) is 3. The molecule has 2 aliphatic rings. The number of carbonyl (C=O) groups is 1. The van der Waals surface area contributed by atoms with E-state index in [0.29, 0.717) is 12.1 Å². The van der Waals surface area contributed by atoms with Gasteiger partial charge in [-0.05, 0) is 13.8 Å². The third kappa shape index (κ3) is 2.86. The number of rotatable bonds is 5. The topological polar surface area (TPSA) is 153 Å². The highest BCUT2D eigenvalue weighted by molar-refractivity contribution is 5.70. The molecule has 12 heteroatoms. The third-order valence-electron chi connectivity index (χ3n) is 4.56. The number of amides is 1. The van der Waals surface area contributed by atoms with Crippen LogP contribution in [0.15, 0.2) is 11.1 Å². The fourth-order valence-electron chi connectivity index (χ4n) is 3.48. The number of hydrogen-bond donors (Lipinski definition) is 4. The van der Waals surface area contributed by atoms with Crippen LogP contribution in [0.5, 0.6) is 0 Å². The molecule has 1 amide bonds. The Labute approximate surface area is 152 Å². The number of aliphatic hydroxyl groups excluding tert-OH is 1. The number of H-pyrrole nitrogens is 1. The number of anilines is 1. The van der Waals surface area contributed by atoms with Crippen LogP contribution in [0, 0.1) is 0 Å². The van der Waals surface area contributed by atoms with Gasteiger partial charge in [-0.2, -0.15) is 4.98 Å². The van der Waals surface area contributed by atoms with Gasteiger partial charge in [0.1, 0.15) is 18.3 Å². The van der Waals surface area contributed by atoms with Gasteiger partial charge in [-0.25, -0.2) is 4.98 Å². The van der Waals surface area contributed by atoms with Gasteiger partial charge in [0.25, 0.3) is 5.56 Å². The molecule has 0 spiro atoms. The normalized spacial score (nSPS) is 30.2. The molecule has 2 saturated heterocycles. The first kappa shape index (κ1) is 17.9. The second kappa shape index (κ2) is 6.27. The second-order valence-electron chi connectivity index (χ2n) is 6.77. The summed E-state index contributed by atoms with van der Waals surface area (Å²) in [7, 11) is 1.63. The van der Waals surface area contributed by atoms with E-state index in [9.17, 15) is 14.7 Å². The fraction of sp³-hybridized carbons (Fsp3) is 0.600. The fourth-order valence-corrected chi connectivity index (χ4v) is 3.48. The van der Waals surface area contributed by atoms with Crippen LogP contribution in [0.2, 0.25) is 0 Å². The molecular formula is C15H20N6O6. The van der Waals surface area contributed by atoms with E-state index < -0.39 is 42.1 Å². The zero-order chi connectivity index (χ0) is 19.3. The first-order chi connectivity index (χ1) is 12.8. The molecule has 4 heterocycles. The standard InChI is InChI=1S/C15H20N6O6/c1-15(2)26-7-8(12(24)18-5-22)25-13(9(7)27-15)21-4-17-6-10(21)19-14(16-3)20-11(6)23/h4-5,7-9,12-13,24H,1-3H3,(H,18,22)(H2,16,19,20,23)/t7-,8+,9-,12?,13-/m1/s1. The van der Waals surface area contributed by atoms with E-state index >= 15 is 0 Å². The number of nitrogens with zero attached hydrogens (tertiary/aromatic N) is 3. The van der Waals surface area contributed by atoms with E-state index in [4.69, 9.17) is 14.2 Å². The van der Waals surface area contributed by atoms with E-state index in [2.05, 4.69) is 25.6 Å². The molecule has 12 nitrogen and oxygen atoms in total. The SMILES string of the molecule is CNc1nc2c(ncn2[C@@H]2O[C@H](C(O)NC=O)[C@H]3OC(C)(C)O[C@H]32)c(=O)[nH]1. The Hall–Kier alpha value is -2.54. The Morgan fingerprint density at radius 2 is 2.15 bits per heavy atom. The van der Waals surface area contributed by atoms with E-state index in [1.807, 2.05) is 0 Å². The number of aliphatic hydroxyl groups is 1. The molecule has 2 aromatic heterocycles. The van der Waals surface area contributed by atoms with E-state index in [1.54, 1.807) is 25.5 Å². The summed E-state index contributed by atoms with van der Waals surface area (Å²) in [6.07, 6.45) is -2.39. The number of aromatic amines is 1. The molecule has 27 heavy (non-hydrogen) atoms. The van der Waals surface area contributed by atoms with E-state index in [0.717, 1.165) is 0 Å². The summed E-state index contributed by atoms with van der Waals surface area (Å²) in [5.41, 5.74) is 0.0294. The van der Waals surface area contributed by atoms with Gasteiger partial charge < -0.3 is 30.0 Å². The molecule has 0 saturated carbocycles. The molecule has 146 valence electrons. The van der Waals surface area contributed by atoms with Crippen molar-refractivity contribution in [1.29, 1.82) is 0 Å². The first-order valence-electron chi connectivity index (χ1n) is 8.38. The average Bonchev–Trinajstić information content (AvgIpc) is 3.25. The second-order valence-corrected chi connectivity index (χ2v) is 6.77. The lowest BCUT2D eigenvalue weighted by Gasteiger charge is -2.26. The summed E-state index contributed by atoms with van der Waals surface area (Å²) >= 11 is 0. The lowest BCUT2D eigenvalue weighted by molar-refractivity contribution is -0.208. The third-order valence-corrected chi connectivity index (χ3v) is 4.56. The quantitative estimate of drug-likeness (QED) is 0.364. The number of aromatic nitrogens is 4. The van der Waals surface area contributed by atoms with Crippen LogP contribution in [-0.2, 0) is 19.0 Å². The maximum atomic E-state index is 12.2. The number of carbonyl (C=O) groups excluding carboxylic acids is 1. The molecule has 5 atom stereocenters. The van der Waals surface area contributed by atoms with Crippen molar-refractivity contribution in [2.75, 3.05) is 12.4 Å². The van der Waals surface area contributed by atoms with Crippen molar-refractivity contribution in [3.63, 3.8) is 0 Å². The smallest absolute Gasteiger partial charge is 0.280 e. The van der Waals surface area contributed by atoms with Crippen LogP contribution in [0.3, 0.4) is 0 Å². The van der Waals surface area contributed by atoms with Crippen molar-refractivity contribution in [3.8, 4) is 0 Å². The summed E-state index contributed by atoms with van der Waals surface area (Å²) in [6.45, 7) is 3.49. The predicted molar refractivity (Wildman–Crippen MR) is 90.6 cm³/mol. The minimum absolute atomic E-state index is 0.141. The monoisotopic (exact) mass is 380 g/mol. The van der Waals surface area contributed by atoms with Crippen molar-refractivity contribution in [2.24, 2.45) is 0 Å². The average molecular weight is 380 g/mol. The van der Waals surface area contributed by atoms with Gasteiger partial charge in [-0.3, -0.25) is 19.1 Å². The van der Waals surface area contributed by atoms with Crippen molar-refractivity contribution in [3.05, 3.63) is 16.7 Å². The molecule has 2 aromatic rings.